The summed E-state index contributed by atoms with van der Waals surface area (Å²) in [5, 5.41) is 4.89. The summed E-state index contributed by atoms with van der Waals surface area (Å²) in [4.78, 5) is 0. The smallest absolute Gasteiger partial charge is 0.122 e. The Labute approximate surface area is 115 Å². The summed E-state index contributed by atoms with van der Waals surface area (Å²) in [5.74, 6) is 4.19. The fourth-order valence-corrected chi connectivity index (χ4v) is 5.40. The summed E-state index contributed by atoms with van der Waals surface area (Å²) in [5.41, 5.74) is 7.73. The van der Waals surface area contributed by atoms with Gasteiger partial charge in [-0.15, -0.1) is 0 Å². The number of anilines is 1. The zero-order valence-electron chi connectivity index (χ0n) is 12.1. The second kappa shape index (κ2) is 3.77. The molecule has 1 heterocycles. The van der Waals surface area contributed by atoms with E-state index in [1.54, 1.807) is 0 Å². The molecule has 4 bridgehead atoms. The van der Waals surface area contributed by atoms with Crippen molar-refractivity contribution in [2.45, 2.75) is 63.8 Å². The summed E-state index contributed by atoms with van der Waals surface area (Å²) < 4.78 is 2.23. The third-order valence-electron chi connectivity index (χ3n) is 5.80. The molecule has 0 amide bonds. The highest BCUT2D eigenvalue weighted by Gasteiger charge is 2.52. The van der Waals surface area contributed by atoms with Gasteiger partial charge in [0, 0.05) is 6.07 Å². The van der Waals surface area contributed by atoms with Crippen molar-refractivity contribution in [2.75, 3.05) is 5.73 Å². The van der Waals surface area contributed by atoms with Crippen LogP contribution in [-0.4, -0.2) is 9.78 Å². The Bertz CT molecular complexity index is 465. The van der Waals surface area contributed by atoms with E-state index in [0.717, 1.165) is 29.3 Å². The first kappa shape index (κ1) is 11.8. The Kier molecular flexibility index (Phi) is 2.34. The number of hydrogen-bond acceptors (Lipinski definition) is 2. The molecule has 4 aliphatic carbocycles. The van der Waals surface area contributed by atoms with Crippen LogP contribution < -0.4 is 5.73 Å². The Morgan fingerprint density at radius 2 is 1.68 bits per heavy atom. The number of aromatic nitrogens is 2. The molecule has 104 valence electrons. The Balaban J connectivity index is 1.75. The van der Waals surface area contributed by atoms with Crippen molar-refractivity contribution in [3.63, 3.8) is 0 Å². The van der Waals surface area contributed by atoms with Crippen LogP contribution in [0.4, 0.5) is 5.82 Å². The van der Waals surface area contributed by atoms with Gasteiger partial charge < -0.3 is 5.73 Å². The van der Waals surface area contributed by atoms with Gasteiger partial charge in [-0.05, 0) is 62.2 Å². The molecular formula is C16H25N3. The van der Waals surface area contributed by atoms with Crippen LogP contribution in [0.25, 0.3) is 0 Å². The first-order valence-corrected chi connectivity index (χ1v) is 7.92. The number of rotatable bonds is 2. The maximum Gasteiger partial charge on any atom is 0.122 e. The second-order valence-corrected chi connectivity index (χ2v) is 7.70. The van der Waals surface area contributed by atoms with Gasteiger partial charge in [-0.2, -0.15) is 5.10 Å². The number of hydrogen-bond donors (Lipinski definition) is 1. The van der Waals surface area contributed by atoms with E-state index in [0.29, 0.717) is 5.92 Å². The minimum atomic E-state index is 0.270. The van der Waals surface area contributed by atoms with Crippen LogP contribution in [0.5, 0.6) is 0 Å². The predicted octanol–water partition coefficient (Wildman–Crippen LogP) is 3.51. The van der Waals surface area contributed by atoms with Crippen molar-refractivity contribution in [3.05, 3.63) is 11.8 Å². The molecule has 4 aliphatic rings. The maximum absolute atomic E-state index is 6.30. The van der Waals surface area contributed by atoms with Gasteiger partial charge in [0.2, 0.25) is 0 Å². The van der Waals surface area contributed by atoms with Crippen LogP contribution in [0.2, 0.25) is 0 Å². The first-order valence-electron chi connectivity index (χ1n) is 7.92. The number of nitrogens with zero attached hydrogens (tertiary/aromatic N) is 2. The zero-order valence-corrected chi connectivity index (χ0v) is 12.1. The van der Waals surface area contributed by atoms with Gasteiger partial charge in [0.1, 0.15) is 5.82 Å². The van der Waals surface area contributed by atoms with Crippen LogP contribution in [0.1, 0.15) is 64.0 Å². The van der Waals surface area contributed by atoms with E-state index in [1.165, 1.54) is 38.5 Å². The molecule has 19 heavy (non-hydrogen) atoms. The van der Waals surface area contributed by atoms with Crippen molar-refractivity contribution < 1.29 is 0 Å². The minimum Gasteiger partial charge on any atom is -0.384 e. The molecule has 0 aliphatic heterocycles. The van der Waals surface area contributed by atoms with Crippen molar-refractivity contribution in [1.29, 1.82) is 0 Å². The Morgan fingerprint density at radius 1 is 1.16 bits per heavy atom. The summed E-state index contributed by atoms with van der Waals surface area (Å²) in [7, 11) is 0. The molecule has 0 unspecified atom stereocenters. The van der Waals surface area contributed by atoms with Crippen LogP contribution >= 0.6 is 0 Å². The molecule has 3 heteroatoms. The van der Waals surface area contributed by atoms with E-state index in [9.17, 15) is 0 Å². The molecule has 3 nitrogen and oxygen atoms in total. The van der Waals surface area contributed by atoms with Crippen molar-refractivity contribution >= 4 is 5.82 Å². The average Bonchev–Trinajstić information content (AvgIpc) is 2.70. The van der Waals surface area contributed by atoms with E-state index >= 15 is 0 Å². The van der Waals surface area contributed by atoms with Gasteiger partial charge >= 0.3 is 0 Å². The lowest BCUT2D eigenvalue weighted by Crippen LogP contribution is -2.52. The highest BCUT2D eigenvalue weighted by Crippen LogP contribution is 2.59. The fourth-order valence-electron chi connectivity index (χ4n) is 5.40. The number of nitrogen functional groups attached to an aromatic ring is 1. The van der Waals surface area contributed by atoms with Gasteiger partial charge in [-0.1, -0.05) is 13.8 Å². The highest BCUT2D eigenvalue weighted by atomic mass is 15.4. The third-order valence-corrected chi connectivity index (χ3v) is 5.80. The van der Waals surface area contributed by atoms with Gasteiger partial charge in [0.25, 0.3) is 0 Å². The predicted molar refractivity (Wildman–Crippen MR) is 76.9 cm³/mol. The number of nitrogens with two attached hydrogens (primary N) is 1. The molecule has 4 saturated carbocycles. The quantitative estimate of drug-likeness (QED) is 0.883. The molecular weight excluding hydrogens is 234 g/mol. The van der Waals surface area contributed by atoms with E-state index in [2.05, 4.69) is 24.6 Å². The molecule has 0 spiro atoms. The molecule has 4 fully saturated rings. The van der Waals surface area contributed by atoms with Crippen LogP contribution in [0, 0.1) is 17.8 Å². The van der Waals surface area contributed by atoms with E-state index in [4.69, 9.17) is 10.8 Å². The maximum atomic E-state index is 6.30. The van der Waals surface area contributed by atoms with Crippen LogP contribution in [-0.2, 0) is 5.54 Å². The van der Waals surface area contributed by atoms with Gasteiger partial charge in [0.15, 0.2) is 0 Å². The van der Waals surface area contributed by atoms with Crippen molar-refractivity contribution in [3.8, 4) is 0 Å². The molecule has 1 aromatic rings. The summed E-state index contributed by atoms with van der Waals surface area (Å²) in [6, 6.07) is 2.10. The fraction of sp³-hybridized carbons (Fsp3) is 0.812. The average molecular weight is 259 g/mol. The summed E-state index contributed by atoms with van der Waals surface area (Å²) in [6.07, 6.45) is 8.37. The SMILES string of the molecule is CC(C)c1cc(N)n(C23CC4CC(CC(C4)C2)C3)n1. The zero-order chi connectivity index (χ0) is 13.2. The molecule has 0 saturated heterocycles. The molecule has 0 aromatic carbocycles. The molecule has 1 aromatic heterocycles. The molecule has 5 rings (SSSR count). The topological polar surface area (TPSA) is 43.8 Å². The lowest BCUT2D eigenvalue weighted by atomic mass is 9.53. The molecule has 0 radical (unpaired) electrons. The standard InChI is InChI=1S/C16H25N3/c1-10(2)14-6-15(17)19(18-14)16-7-11-3-12(8-16)5-13(4-11)9-16/h6,10-13H,3-5,7-9,17H2,1-2H3. The summed E-state index contributed by atoms with van der Waals surface area (Å²) in [6.45, 7) is 4.40. The first-order chi connectivity index (χ1) is 9.06. The third kappa shape index (κ3) is 1.66. The molecule has 0 atom stereocenters. The normalized spacial score (nSPS) is 40.3. The van der Waals surface area contributed by atoms with Crippen LogP contribution in [0.3, 0.4) is 0 Å². The van der Waals surface area contributed by atoms with E-state index in [1.807, 2.05) is 0 Å². The molecule has 2 N–H and O–H groups in total. The lowest BCUT2D eigenvalue weighted by molar-refractivity contribution is -0.0483. The Morgan fingerprint density at radius 3 is 2.11 bits per heavy atom. The summed E-state index contributed by atoms with van der Waals surface area (Å²) >= 11 is 0. The Hall–Kier alpha value is -0.990. The van der Waals surface area contributed by atoms with Crippen LogP contribution in [0.15, 0.2) is 6.07 Å². The lowest BCUT2D eigenvalue weighted by Gasteiger charge is -2.56. The monoisotopic (exact) mass is 259 g/mol. The minimum absolute atomic E-state index is 0.270. The van der Waals surface area contributed by atoms with Gasteiger partial charge in [-0.25, -0.2) is 4.68 Å². The highest BCUT2D eigenvalue weighted by molar-refractivity contribution is 5.34. The van der Waals surface area contributed by atoms with Gasteiger partial charge in [0.05, 0.1) is 11.2 Å². The second-order valence-electron chi connectivity index (χ2n) is 7.70. The van der Waals surface area contributed by atoms with Crippen molar-refractivity contribution in [1.82, 2.24) is 9.78 Å². The van der Waals surface area contributed by atoms with Crippen molar-refractivity contribution in [2.24, 2.45) is 17.8 Å². The van der Waals surface area contributed by atoms with E-state index in [-0.39, 0.29) is 5.54 Å². The largest absolute Gasteiger partial charge is 0.384 e. The van der Waals surface area contributed by atoms with Gasteiger partial charge in [-0.3, -0.25) is 0 Å². The van der Waals surface area contributed by atoms with E-state index < -0.39 is 0 Å².